The second-order valence-corrected chi connectivity index (χ2v) is 15.0. The predicted molar refractivity (Wildman–Crippen MR) is 214 cm³/mol. The topological polar surface area (TPSA) is 130 Å². The minimum absolute atomic E-state index is 0.0132. The fraction of sp³-hybridized carbons (Fsp3) is 0.545. The number of H-pyrrole nitrogens is 2. The molecular formula is C44H60N4O5. The van der Waals surface area contributed by atoms with Gasteiger partial charge >= 0.3 is 5.97 Å². The van der Waals surface area contributed by atoms with Crippen molar-refractivity contribution in [3.63, 3.8) is 0 Å². The number of hydrogen-bond acceptors (Lipinski definition) is 6. The van der Waals surface area contributed by atoms with Crippen molar-refractivity contribution in [2.45, 2.75) is 137 Å². The van der Waals surface area contributed by atoms with Crippen LogP contribution in [0.15, 0.2) is 18.2 Å². The molecule has 9 nitrogen and oxygen atoms in total. The lowest BCUT2D eigenvalue weighted by Crippen LogP contribution is -2.08. The molecule has 0 amide bonds. The Morgan fingerprint density at radius 3 is 2.15 bits per heavy atom. The molecule has 5 rings (SSSR count). The average molecular weight is 725 g/mol. The highest BCUT2D eigenvalue weighted by atomic mass is 16.5. The molecule has 0 unspecified atom stereocenters. The third-order valence-corrected chi connectivity index (χ3v) is 11.5. The van der Waals surface area contributed by atoms with Crippen molar-refractivity contribution in [3.8, 4) is 0 Å². The summed E-state index contributed by atoms with van der Waals surface area (Å²) in [5, 5.41) is 10.4. The van der Waals surface area contributed by atoms with E-state index in [-0.39, 0.29) is 24.0 Å². The number of fused-ring (bicyclic) bond motifs is 8. The number of aryl methyl sites for hydroxylation is 4. The molecule has 0 saturated carbocycles. The Balaban J connectivity index is 1.56. The van der Waals surface area contributed by atoms with E-state index >= 15 is 0 Å². The molecule has 0 radical (unpaired) electrons. The molecule has 0 saturated heterocycles. The van der Waals surface area contributed by atoms with E-state index in [9.17, 15) is 14.7 Å². The molecule has 0 aromatic carbocycles. The van der Waals surface area contributed by atoms with Crippen molar-refractivity contribution in [1.29, 1.82) is 0 Å². The summed E-state index contributed by atoms with van der Waals surface area (Å²) in [6.45, 7) is 16.5. The van der Waals surface area contributed by atoms with Gasteiger partial charge in [-0.3, -0.25) is 9.78 Å². The second kappa shape index (κ2) is 18.7. The number of aromatic carboxylic acids is 1. The Hall–Kier alpha value is -4.24. The van der Waals surface area contributed by atoms with E-state index in [1.807, 2.05) is 19.9 Å². The third kappa shape index (κ3) is 9.11. The van der Waals surface area contributed by atoms with Crippen molar-refractivity contribution in [3.05, 3.63) is 68.8 Å². The number of aromatic amines is 2. The van der Waals surface area contributed by atoms with Gasteiger partial charge in [-0.2, -0.15) is 0 Å². The molecule has 5 heterocycles. The van der Waals surface area contributed by atoms with Crippen LogP contribution in [0, 0.1) is 20.8 Å². The van der Waals surface area contributed by atoms with E-state index in [0.29, 0.717) is 30.6 Å². The number of aromatic nitrogens is 4. The number of nitrogens with zero attached hydrogens (tertiary/aromatic N) is 2. The molecule has 9 heteroatoms. The summed E-state index contributed by atoms with van der Waals surface area (Å²) in [6.07, 6.45) is 14.3. The smallest absolute Gasteiger partial charge is 0.338 e. The maximum Gasteiger partial charge on any atom is 0.338 e. The summed E-state index contributed by atoms with van der Waals surface area (Å²) in [5.41, 5.74) is 12.7. The van der Waals surface area contributed by atoms with Crippen LogP contribution in [0.5, 0.6) is 0 Å². The van der Waals surface area contributed by atoms with Gasteiger partial charge in [-0.1, -0.05) is 78.6 Å². The molecule has 3 aromatic rings. The van der Waals surface area contributed by atoms with Crippen LogP contribution in [0.4, 0.5) is 0 Å². The first-order chi connectivity index (χ1) is 25.6. The zero-order valence-electron chi connectivity index (χ0n) is 33.0. The molecule has 3 N–H and O–H groups in total. The molecule has 286 valence electrons. The molecule has 2 aliphatic rings. The summed E-state index contributed by atoms with van der Waals surface area (Å²) in [7, 11) is 0. The largest absolute Gasteiger partial charge is 0.478 e. The summed E-state index contributed by atoms with van der Waals surface area (Å²) >= 11 is 0. The van der Waals surface area contributed by atoms with Crippen LogP contribution in [0.25, 0.3) is 33.2 Å². The summed E-state index contributed by atoms with van der Waals surface area (Å²) in [6, 6.07) is 6.23. The van der Waals surface area contributed by atoms with Crippen LogP contribution in [-0.4, -0.2) is 57.3 Å². The first kappa shape index (κ1) is 40.0. The number of carboxylic acids is 1. The van der Waals surface area contributed by atoms with Gasteiger partial charge in [0.05, 0.1) is 35.7 Å². The third-order valence-electron chi connectivity index (χ3n) is 11.5. The van der Waals surface area contributed by atoms with E-state index in [4.69, 9.17) is 19.4 Å². The lowest BCUT2D eigenvalue weighted by Gasteiger charge is -2.16. The molecule has 3 aromatic heterocycles. The molecule has 0 spiro atoms. The van der Waals surface area contributed by atoms with Gasteiger partial charge in [0.15, 0.2) is 0 Å². The van der Waals surface area contributed by atoms with Crippen molar-refractivity contribution in [2.24, 2.45) is 0 Å². The first-order valence-corrected chi connectivity index (χ1v) is 19.9. The monoisotopic (exact) mass is 724 g/mol. The quantitative estimate of drug-likeness (QED) is 0.0828. The molecule has 0 fully saturated rings. The van der Waals surface area contributed by atoms with Crippen LogP contribution in [0.2, 0.25) is 0 Å². The summed E-state index contributed by atoms with van der Waals surface area (Å²) < 4.78 is 11.5. The lowest BCUT2D eigenvalue weighted by atomic mass is 9.87. The standard InChI is InChI=1S/C44H60N4O5/c1-8-10-11-12-13-14-15-16-17-18-20-52-25-34-29(5)35-22-37-28(4)33(19-21-53-26-49)42(47-37)31(7)43-41(44(50)51)30(6)38(48-43)24-39-32(9-2)27(3)36(45-39)23-40(34)46-35/h22-24,26,28,33,45,48H,8-21,25H2,1-7H3,(H,50,51)/t28-,33-/m0/s1. The zero-order chi connectivity index (χ0) is 38.1. The van der Waals surface area contributed by atoms with Gasteiger partial charge in [-0.15, -0.1) is 0 Å². The van der Waals surface area contributed by atoms with E-state index in [0.717, 1.165) is 81.0 Å². The number of carbonyl (C=O) groups is 2. The van der Waals surface area contributed by atoms with Gasteiger partial charge in [-0.25, -0.2) is 9.78 Å². The van der Waals surface area contributed by atoms with Crippen molar-refractivity contribution in [2.75, 3.05) is 19.8 Å². The van der Waals surface area contributed by atoms with E-state index in [2.05, 4.69) is 56.7 Å². The maximum absolute atomic E-state index is 12.7. The van der Waals surface area contributed by atoms with Gasteiger partial charge in [0, 0.05) is 52.0 Å². The Labute approximate surface area is 315 Å². The summed E-state index contributed by atoms with van der Waals surface area (Å²) in [5.74, 6) is -1.09. The van der Waals surface area contributed by atoms with Gasteiger partial charge in [0.2, 0.25) is 0 Å². The number of carbonyl (C=O) groups excluding carboxylic acids is 1. The SMILES string of the molecule is CCCCCCCCCCCCOCC1=C(C)c2cc3nc(c(C)c4[nH]c(cc5[nH]c(cc1n2)c(C)c5CC)c(C)c4C(=O)O)[C@@H](CCOC=O)[C@@H]3C. The first-order valence-electron chi connectivity index (χ1n) is 19.9. The molecule has 2 aliphatic heterocycles. The number of hydrogen-bond donors (Lipinski definition) is 3. The maximum atomic E-state index is 12.7. The minimum Gasteiger partial charge on any atom is -0.478 e. The van der Waals surface area contributed by atoms with E-state index < -0.39 is 5.97 Å². The van der Waals surface area contributed by atoms with Gasteiger partial charge < -0.3 is 24.5 Å². The Kier molecular flexibility index (Phi) is 14.1. The number of unbranched alkanes of at least 4 members (excludes halogenated alkanes) is 9. The Bertz CT molecular complexity index is 1970. The number of nitrogens with one attached hydrogen (secondary N) is 2. The van der Waals surface area contributed by atoms with Crippen molar-refractivity contribution in [1.82, 2.24) is 19.9 Å². The van der Waals surface area contributed by atoms with E-state index in [1.54, 1.807) is 0 Å². The van der Waals surface area contributed by atoms with Crippen LogP contribution >= 0.6 is 0 Å². The average Bonchev–Trinajstić information content (AvgIpc) is 3.82. The van der Waals surface area contributed by atoms with Crippen LogP contribution in [0.3, 0.4) is 0 Å². The number of rotatable bonds is 19. The second-order valence-electron chi connectivity index (χ2n) is 15.0. The van der Waals surface area contributed by atoms with Crippen LogP contribution in [0.1, 0.15) is 166 Å². The minimum atomic E-state index is -0.993. The number of allylic oxidation sites excluding steroid dienone is 1. The highest BCUT2D eigenvalue weighted by molar-refractivity contribution is 6.02. The van der Waals surface area contributed by atoms with Crippen molar-refractivity contribution >= 4 is 45.7 Å². The van der Waals surface area contributed by atoms with Crippen LogP contribution in [-0.2, 0) is 20.7 Å². The zero-order valence-corrected chi connectivity index (χ0v) is 33.0. The fourth-order valence-electron chi connectivity index (χ4n) is 8.12. The molecular weight excluding hydrogens is 665 g/mol. The highest BCUT2D eigenvalue weighted by Crippen LogP contribution is 2.42. The molecule has 53 heavy (non-hydrogen) atoms. The Morgan fingerprint density at radius 1 is 0.811 bits per heavy atom. The molecule has 0 aliphatic carbocycles. The van der Waals surface area contributed by atoms with E-state index in [1.165, 1.54) is 63.4 Å². The summed E-state index contributed by atoms with van der Waals surface area (Å²) in [4.78, 5) is 41.3. The van der Waals surface area contributed by atoms with Gasteiger partial charge in [0.25, 0.3) is 6.47 Å². The van der Waals surface area contributed by atoms with Crippen molar-refractivity contribution < 1.29 is 24.2 Å². The predicted octanol–water partition coefficient (Wildman–Crippen LogP) is 10.8. The number of carboxylic acid groups (broad SMARTS) is 1. The number of ether oxygens (including phenoxy) is 2. The Morgan fingerprint density at radius 2 is 1.49 bits per heavy atom. The normalized spacial score (nSPS) is 15.7. The lowest BCUT2D eigenvalue weighted by molar-refractivity contribution is -0.128. The molecule has 8 bridgehead atoms. The fourth-order valence-corrected chi connectivity index (χ4v) is 8.12. The van der Waals surface area contributed by atoms with Gasteiger partial charge in [-0.05, 0) is 93.0 Å². The highest BCUT2D eigenvalue weighted by Gasteiger charge is 2.32. The van der Waals surface area contributed by atoms with Gasteiger partial charge in [0.1, 0.15) is 0 Å². The van der Waals surface area contributed by atoms with Crippen LogP contribution < -0.4 is 0 Å². The molecule has 2 atom stereocenters.